The number of benzene rings is 2. The molecule has 0 unspecified atom stereocenters. The summed E-state index contributed by atoms with van der Waals surface area (Å²) < 4.78 is 96.3. The van der Waals surface area contributed by atoms with Crippen LogP contribution in [0.5, 0.6) is 0 Å². The molecule has 0 saturated heterocycles. The fourth-order valence-electron chi connectivity index (χ4n) is 2.50. The van der Waals surface area contributed by atoms with Crippen molar-refractivity contribution in [3.63, 3.8) is 0 Å². The molecule has 2 N–H and O–H groups in total. The first-order valence-electron chi connectivity index (χ1n) is 7.24. The molecule has 0 aliphatic heterocycles. The zero-order valence-corrected chi connectivity index (χ0v) is 15.8. The maximum Gasteiger partial charge on any atom is 0.453 e. The summed E-state index contributed by atoms with van der Waals surface area (Å²) in [6.07, 6.45) is -5.08. The van der Waals surface area contributed by atoms with Crippen LogP contribution in [0.3, 0.4) is 0 Å². The van der Waals surface area contributed by atoms with Gasteiger partial charge in [0.05, 0.1) is 5.56 Å². The monoisotopic (exact) mass is 482 g/mol. The first-order chi connectivity index (χ1) is 12.9. The fourth-order valence-corrected chi connectivity index (χ4v) is 3.50. The molecule has 0 aliphatic carbocycles. The van der Waals surface area contributed by atoms with Gasteiger partial charge in [-0.3, -0.25) is 0 Å². The van der Waals surface area contributed by atoms with Crippen molar-refractivity contribution < 1.29 is 34.9 Å². The van der Waals surface area contributed by atoms with Gasteiger partial charge in [-0.2, -0.15) is 13.2 Å². The molecule has 3 aromatic rings. The Morgan fingerprint density at radius 2 is 1.75 bits per heavy atom. The van der Waals surface area contributed by atoms with E-state index in [0.29, 0.717) is 10.5 Å². The molecular formula is C16H8BrF5N2O3S. The number of nitrogens with two attached hydrogens (primary N) is 1. The summed E-state index contributed by atoms with van der Waals surface area (Å²) in [5.41, 5.74) is -2.04. The Morgan fingerprint density at radius 3 is 2.32 bits per heavy atom. The van der Waals surface area contributed by atoms with Crippen molar-refractivity contribution in [2.45, 2.75) is 11.1 Å². The van der Waals surface area contributed by atoms with Gasteiger partial charge in [0.25, 0.3) is 0 Å². The number of rotatable bonds is 3. The number of nitrogens with zero attached hydrogens (tertiary/aromatic N) is 1. The molecule has 0 bridgehead atoms. The SMILES string of the molecule is NS(=O)(=O)c1cc(F)c(-c2c(-c3cccc(Br)c3)noc2C(F)(F)F)cc1F. The molecule has 0 radical (unpaired) electrons. The fraction of sp³-hybridized carbons (Fsp3) is 0.0625. The van der Waals surface area contributed by atoms with E-state index in [1.165, 1.54) is 18.2 Å². The first-order valence-corrected chi connectivity index (χ1v) is 9.58. The van der Waals surface area contributed by atoms with Gasteiger partial charge in [-0.15, -0.1) is 0 Å². The molecular weight excluding hydrogens is 475 g/mol. The van der Waals surface area contributed by atoms with Gasteiger partial charge in [-0.25, -0.2) is 22.3 Å². The highest BCUT2D eigenvalue weighted by Gasteiger charge is 2.42. The number of halogens is 6. The third-order valence-corrected chi connectivity index (χ3v) is 5.06. The van der Waals surface area contributed by atoms with E-state index in [4.69, 9.17) is 5.14 Å². The van der Waals surface area contributed by atoms with Crippen molar-refractivity contribution in [1.82, 2.24) is 5.16 Å². The average Bonchev–Trinajstić information content (AvgIpc) is 3.00. The van der Waals surface area contributed by atoms with E-state index in [0.717, 1.165) is 0 Å². The van der Waals surface area contributed by atoms with Crippen LogP contribution in [-0.4, -0.2) is 13.6 Å². The standard InChI is InChI=1S/C16H8BrF5N2O3S/c17-8-3-1-2-7(4-8)14-13(15(27-24-14)16(20,21)22)9-5-11(19)12(6-10(9)18)28(23,25)26/h1-6H,(H2,23,25,26). The highest BCUT2D eigenvalue weighted by molar-refractivity contribution is 9.10. The van der Waals surface area contributed by atoms with E-state index in [1.54, 1.807) is 6.07 Å². The lowest BCUT2D eigenvalue weighted by molar-refractivity contribution is -0.154. The summed E-state index contributed by atoms with van der Waals surface area (Å²) >= 11 is 3.15. The number of primary sulfonamides is 1. The maximum atomic E-state index is 14.5. The minimum Gasteiger partial charge on any atom is -0.350 e. The number of hydrogen-bond acceptors (Lipinski definition) is 4. The molecule has 0 spiro atoms. The normalized spacial score (nSPS) is 12.4. The lowest BCUT2D eigenvalue weighted by atomic mass is 9.98. The van der Waals surface area contributed by atoms with Crippen LogP contribution in [0.2, 0.25) is 0 Å². The van der Waals surface area contributed by atoms with E-state index in [2.05, 4.69) is 25.6 Å². The van der Waals surface area contributed by atoms with Crippen molar-refractivity contribution in [2.24, 2.45) is 5.14 Å². The van der Waals surface area contributed by atoms with Crippen LogP contribution in [0, 0.1) is 11.6 Å². The van der Waals surface area contributed by atoms with E-state index < -0.39 is 55.3 Å². The lowest BCUT2D eigenvalue weighted by Crippen LogP contribution is -2.15. The van der Waals surface area contributed by atoms with Crippen LogP contribution in [0.4, 0.5) is 22.0 Å². The quantitative estimate of drug-likeness (QED) is 0.547. The molecule has 1 heterocycles. The topological polar surface area (TPSA) is 86.2 Å². The van der Waals surface area contributed by atoms with Crippen molar-refractivity contribution in [2.75, 3.05) is 0 Å². The van der Waals surface area contributed by atoms with Crippen molar-refractivity contribution in [1.29, 1.82) is 0 Å². The third-order valence-electron chi connectivity index (χ3n) is 3.65. The van der Waals surface area contributed by atoms with E-state index in [1.807, 2.05) is 0 Å². The zero-order chi connectivity index (χ0) is 20.9. The minimum absolute atomic E-state index is 0.124. The molecule has 148 valence electrons. The Labute approximate surface area is 163 Å². The van der Waals surface area contributed by atoms with Gasteiger partial charge in [0.15, 0.2) is 0 Å². The summed E-state index contributed by atoms with van der Waals surface area (Å²) in [5, 5.41) is 8.15. The summed E-state index contributed by atoms with van der Waals surface area (Å²) in [5.74, 6) is -4.63. The van der Waals surface area contributed by atoms with Gasteiger partial charge < -0.3 is 4.52 Å². The van der Waals surface area contributed by atoms with Gasteiger partial charge in [-0.1, -0.05) is 33.2 Å². The van der Waals surface area contributed by atoms with Gasteiger partial charge in [0.2, 0.25) is 15.8 Å². The third kappa shape index (κ3) is 3.80. The molecule has 5 nitrogen and oxygen atoms in total. The Kier molecular flexibility index (Phi) is 5.06. The van der Waals surface area contributed by atoms with Crippen molar-refractivity contribution in [3.05, 3.63) is 58.3 Å². The molecule has 0 amide bonds. The van der Waals surface area contributed by atoms with Gasteiger partial charge in [0, 0.05) is 15.6 Å². The van der Waals surface area contributed by atoms with Crippen LogP contribution in [0.25, 0.3) is 22.4 Å². The second kappa shape index (κ2) is 6.94. The Bertz CT molecular complexity index is 1180. The van der Waals surface area contributed by atoms with Crippen molar-refractivity contribution in [3.8, 4) is 22.4 Å². The molecule has 3 rings (SSSR count). The lowest BCUT2D eigenvalue weighted by Gasteiger charge is -2.10. The summed E-state index contributed by atoms with van der Waals surface area (Å²) in [4.78, 5) is -1.19. The zero-order valence-electron chi connectivity index (χ0n) is 13.4. The second-order valence-electron chi connectivity index (χ2n) is 5.55. The smallest absolute Gasteiger partial charge is 0.350 e. The molecule has 0 atom stereocenters. The number of aromatic nitrogens is 1. The van der Waals surface area contributed by atoms with Gasteiger partial charge in [0.1, 0.15) is 22.2 Å². The predicted octanol–water partition coefficient (Wildman–Crippen LogP) is 4.72. The molecule has 0 saturated carbocycles. The first kappa shape index (κ1) is 20.4. The summed E-state index contributed by atoms with van der Waals surface area (Å²) in [7, 11) is -4.63. The van der Waals surface area contributed by atoms with E-state index in [-0.39, 0.29) is 11.6 Å². The van der Waals surface area contributed by atoms with E-state index >= 15 is 0 Å². The van der Waals surface area contributed by atoms with Crippen molar-refractivity contribution >= 4 is 26.0 Å². The number of alkyl halides is 3. The molecule has 1 aromatic heterocycles. The van der Waals surface area contributed by atoms with Crippen LogP contribution in [0.1, 0.15) is 5.76 Å². The molecule has 2 aromatic carbocycles. The Morgan fingerprint density at radius 1 is 1.07 bits per heavy atom. The Balaban J connectivity index is 2.35. The maximum absolute atomic E-state index is 14.5. The highest BCUT2D eigenvalue weighted by Crippen LogP contribution is 2.44. The van der Waals surface area contributed by atoms with E-state index in [9.17, 15) is 30.4 Å². The predicted molar refractivity (Wildman–Crippen MR) is 91.4 cm³/mol. The molecule has 12 heteroatoms. The largest absolute Gasteiger partial charge is 0.453 e. The van der Waals surface area contributed by atoms with Crippen LogP contribution >= 0.6 is 15.9 Å². The van der Waals surface area contributed by atoms with Gasteiger partial charge in [-0.05, 0) is 24.3 Å². The second-order valence-corrected chi connectivity index (χ2v) is 8.00. The average molecular weight is 483 g/mol. The highest BCUT2D eigenvalue weighted by atomic mass is 79.9. The Hall–Kier alpha value is -2.31. The number of hydrogen-bond donors (Lipinski definition) is 1. The van der Waals surface area contributed by atoms with Crippen LogP contribution in [-0.2, 0) is 16.2 Å². The van der Waals surface area contributed by atoms with Crippen LogP contribution < -0.4 is 5.14 Å². The number of sulfonamides is 1. The van der Waals surface area contributed by atoms with Crippen LogP contribution in [0.15, 0.2) is 50.3 Å². The molecule has 28 heavy (non-hydrogen) atoms. The summed E-state index contributed by atoms with van der Waals surface area (Å²) in [6.45, 7) is 0. The molecule has 0 fully saturated rings. The summed E-state index contributed by atoms with van der Waals surface area (Å²) in [6, 6.07) is 6.38. The molecule has 0 aliphatic rings. The van der Waals surface area contributed by atoms with Gasteiger partial charge >= 0.3 is 6.18 Å². The minimum atomic E-state index is -5.08.